The van der Waals surface area contributed by atoms with Crippen LogP contribution < -0.4 is 5.32 Å². The third-order valence-corrected chi connectivity index (χ3v) is 4.40. The molecule has 1 atom stereocenters. The number of nitrogens with one attached hydrogen (secondary N) is 1. The number of hydrogen-bond acceptors (Lipinski definition) is 6. The zero-order valence-corrected chi connectivity index (χ0v) is 15.6. The number of Topliss-reactive ketones (excluding diaryl/α,β-unsaturated/α-hetero) is 1. The van der Waals surface area contributed by atoms with Crippen LogP contribution in [-0.2, 0) is 9.59 Å². The first-order valence-electron chi connectivity index (χ1n) is 8.52. The Kier molecular flexibility index (Phi) is 6.16. The van der Waals surface area contributed by atoms with E-state index in [1.807, 2.05) is 25.1 Å². The van der Waals surface area contributed by atoms with Crippen molar-refractivity contribution >= 4 is 23.5 Å². The van der Waals surface area contributed by atoms with E-state index >= 15 is 0 Å². The fraction of sp³-hybridized carbons (Fsp3) is 0.556. The van der Waals surface area contributed by atoms with Gasteiger partial charge in [0.2, 0.25) is 17.7 Å². The van der Waals surface area contributed by atoms with Gasteiger partial charge in [-0.25, -0.2) is 0 Å². The fourth-order valence-corrected chi connectivity index (χ4v) is 3.12. The summed E-state index contributed by atoms with van der Waals surface area (Å²) in [5.74, 6) is -0.972. The van der Waals surface area contributed by atoms with Crippen molar-refractivity contribution in [1.29, 1.82) is 5.26 Å². The minimum absolute atomic E-state index is 0.0236. The zero-order valence-electron chi connectivity index (χ0n) is 15.6. The van der Waals surface area contributed by atoms with Crippen LogP contribution in [0.15, 0.2) is 4.42 Å². The fourth-order valence-electron chi connectivity index (χ4n) is 3.12. The van der Waals surface area contributed by atoms with E-state index in [9.17, 15) is 19.6 Å². The lowest BCUT2D eigenvalue weighted by atomic mass is 10.1. The second-order valence-electron chi connectivity index (χ2n) is 6.79. The highest BCUT2D eigenvalue weighted by atomic mass is 16.4. The molecule has 1 aliphatic heterocycles. The average Bonchev–Trinajstić information content (AvgIpc) is 3.07. The van der Waals surface area contributed by atoms with E-state index in [-0.39, 0.29) is 46.8 Å². The van der Waals surface area contributed by atoms with Crippen molar-refractivity contribution in [2.75, 3.05) is 39.0 Å². The number of ketones is 1. The summed E-state index contributed by atoms with van der Waals surface area (Å²) in [6.45, 7) is 4.73. The first kappa shape index (κ1) is 19.7. The molecule has 2 amide bonds. The summed E-state index contributed by atoms with van der Waals surface area (Å²) in [5.41, 5.74) is 0.200. The van der Waals surface area contributed by atoms with Gasteiger partial charge in [0.1, 0.15) is 17.4 Å². The van der Waals surface area contributed by atoms with Gasteiger partial charge in [-0.2, -0.15) is 5.26 Å². The maximum atomic E-state index is 12.5. The summed E-state index contributed by atoms with van der Waals surface area (Å²) in [4.78, 5) is 40.0. The number of hydrogen-bond donors (Lipinski definition) is 1. The van der Waals surface area contributed by atoms with E-state index in [4.69, 9.17) is 4.42 Å². The van der Waals surface area contributed by atoms with Gasteiger partial charge in [0.25, 0.3) is 0 Å². The summed E-state index contributed by atoms with van der Waals surface area (Å²) >= 11 is 0. The smallest absolute Gasteiger partial charge is 0.232 e. The Bertz CT molecular complexity index is 760. The van der Waals surface area contributed by atoms with Gasteiger partial charge in [0.15, 0.2) is 5.78 Å². The lowest BCUT2D eigenvalue weighted by Crippen LogP contribution is -2.30. The van der Waals surface area contributed by atoms with Gasteiger partial charge in [-0.15, -0.1) is 0 Å². The summed E-state index contributed by atoms with van der Waals surface area (Å²) in [7, 11) is 3.94. The molecule has 0 aromatic carbocycles. The number of furan rings is 1. The molecule has 1 N–H and O–H groups in total. The minimum Gasteiger partial charge on any atom is -0.443 e. The lowest BCUT2D eigenvalue weighted by molar-refractivity contribution is -0.128. The van der Waals surface area contributed by atoms with Crippen LogP contribution in [0.3, 0.4) is 0 Å². The van der Waals surface area contributed by atoms with Crippen molar-refractivity contribution in [3.05, 3.63) is 16.9 Å². The number of carbonyl (C=O) groups is 3. The van der Waals surface area contributed by atoms with Crippen molar-refractivity contribution in [3.63, 3.8) is 0 Å². The second-order valence-corrected chi connectivity index (χ2v) is 6.79. The third-order valence-electron chi connectivity index (χ3n) is 4.40. The molecule has 1 unspecified atom stereocenters. The molecule has 0 radical (unpaired) electrons. The minimum atomic E-state index is -0.500. The van der Waals surface area contributed by atoms with E-state index in [0.717, 1.165) is 13.0 Å². The largest absolute Gasteiger partial charge is 0.443 e. The molecule has 0 bridgehead atoms. The van der Waals surface area contributed by atoms with Crippen LogP contribution in [0.25, 0.3) is 0 Å². The van der Waals surface area contributed by atoms with Gasteiger partial charge in [0, 0.05) is 19.5 Å². The number of amides is 2. The highest BCUT2D eigenvalue weighted by Crippen LogP contribution is 2.28. The molecule has 26 heavy (non-hydrogen) atoms. The number of rotatable bonds is 7. The van der Waals surface area contributed by atoms with E-state index in [1.165, 1.54) is 6.92 Å². The molecule has 1 aliphatic rings. The quantitative estimate of drug-likeness (QED) is 0.737. The maximum absolute atomic E-state index is 12.5. The van der Waals surface area contributed by atoms with Gasteiger partial charge in [-0.1, -0.05) is 0 Å². The first-order chi connectivity index (χ1) is 12.2. The predicted octanol–water partition coefficient (Wildman–Crippen LogP) is 1.40. The second kappa shape index (κ2) is 8.15. The monoisotopic (exact) mass is 360 g/mol. The first-order valence-corrected chi connectivity index (χ1v) is 8.52. The van der Waals surface area contributed by atoms with Gasteiger partial charge in [0.05, 0.1) is 11.5 Å². The number of aryl methyl sites for hydroxylation is 1. The molecule has 2 rings (SSSR count). The SMILES string of the molecule is CC(=O)c1c(C)oc(NC(=O)C2CC(=O)N(CCCN(C)C)C2)c1C#N. The Balaban J connectivity index is 2.03. The van der Waals surface area contributed by atoms with Crippen molar-refractivity contribution in [2.24, 2.45) is 5.92 Å². The molecule has 1 aromatic rings. The predicted molar refractivity (Wildman–Crippen MR) is 94.7 cm³/mol. The van der Waals surface area contributed by atoms with Crippen LogP contribution in [0.2, 0.25) is 0 Å². The molecule has 140 valence electrons. The molecule has 0 aliphatic carbocycles. The average molecular weight is 360 g/mol. The number of anilines is 1. The zero-order chi connectivity index (χ0) is 19.4. The summed E-state index contributed by atoms with van der Waals surface area (Å²) in [5, 5.41) is 11.9. The Hall–Kier alpha value is -2.66. The summed E-state index contributed by atoms with van der Waals surface area (Å²) < 4.78 is 5.39. The Morgan fingerprint density at radius 3 is 2.69 bits per heavy atom. The van der Waals surface area contributed by atoms with Gasteiger partial charge < -0.3 is 14.2 Å². The Morgan fingerprint density at radius 1 is 1.42 bits per heavy atom. The van der Waals surface area contributed by atoms with Crippen molar-refractivity contribution in [1.82, 2.24) is 9.80 Å². The van der Waals surface area contributed by atoms with E-state index < -0.39 is 5.92 Å². The molecule has 2 heterocycles. The Labute approximate surface area is 152 Å². The van der Waals surface area contributed by atoms with Crippen LogP contribution in [0.1, 0.15) is 41.4 Å². The molecule has 1 aromatic heterocycles. The molecule has 8 heteroatoms. The highest BCUT2D eigenvalue weighted by Gasteiger charge is 2.35. The van der Waals surface area contributed by atoms with Crippen molar-refractivity contribution in [3.8, 4) is 6.07 Å². The molecule has 1 saturated heterocycles. The van der Waals surface area contributed by atoms with Crippen LogP contribution in [0, 0.1) is 24.2 Å². The number of likely N-dealkylation sites (tertiary alicyclic amines) is 1. The molecule has 1 fully saturated rings. The Morgan fingerprint density at radius 2 is 2.12 bits per heavy atom. The van der Waals surface area contributed by atoms with Gasteiger partial charge in [-0.3, -0.25) is 19.7 Å². The standard InChI is InChI=1S/C18H24N4O4/c1-11(23)16-12(2)26-18(14(16)9-19)20-17(25)13-8-15(24)22(10-13)7-5-6-21(3)4/h13H,5-8,10H2,1-4H3,(H,20,25). The van der Waals surface area contributed by atoms with E-state index in [0.29, 0.717) is 13.1 Å². The van der Waals surface area contributed by atoms with Crippen molar-refractivity contribution < 1.29 is 18.8 Å². The molecular weight excluding hydrogens is 336 g/mol. The van der Waals surface area contributed by atoms with Crippen LogP contribution in [-0.4, -0.2) is 61.1 Å². The van der Waals surface area contributed by atoms with Crippen LogP contribution >= 0.6 is 0 Å². The molecule has 0 spiro atoms. The molecular formula is C18H24N4O4. The highest BCUT2D eigenvalue weighted by molar-refractivity contribution is 6.02. The van der Waals surface area contributed by atoms with Crippen LogP contribution in [0.4, 0.5) is 5.88 Å². The molecule has 8 nitrogen and oxygen atoms in total. The van der Waals surface area contributed by atoms with E-state index in [2.05, 4.69) is 5.32 Å². The van der Waals surface area contributed by atoms with Gasteiger partial charge >= 0.3 is 0 Å². The number of nitriles is 1. The number of carbonyl (C=O) groups excluding carboxylic acids is 3. The molecule has 0 saturated carbocycles. The van der Waals surface area contributed by atoms with Crippen molar-refractivity contribution in [2.45, 2.75) is 26.7 Å². The lowest BCUT2D eigenvalue weighted by Gasteiger charge is -2.17. The maximum Gasteiger partial charge on any atom is 0.232 e. The van der Waals surface area contributed by atoms with Crippen LogP contribution in [0.5, 0.6) is 0 Å². The summed E-state index contributed by atoms with van der Waals surface area (Å²) in [6, 6.07) is 1.91. The number of nitrogens with zero attached hydrogens (tertiary/aromatic N) is 3. The topological polar surface area (TPSA) is 107 Å². The normalized spacial score (nSPS) is 16.8. The van der Waals surface area contributed by atoms with Gasteiger partial charge in [-0.05, 0) is 40.9 Å². The van der Waals surface area contributed by atoms with E-state index in [1.54, 1.807) is 11.8 Å². The summed E-state index contributed by atoms with van der Waals surface area (Å²) in [6.07, 6.45) is 0.972. The third kappa shape index (κ3) is 4.29.